The average Bonchev–Trinajstić information content (AvgIpc) is 1.00. The molecule has 3 heteroatoms. The Morgan fingerprint density at radius 3 is 1.25 bits per heavy atom. The molecule has 0 atom stereocenters. The van der Waals surface area contributed by atoms with Crippen LogP contribution in [0.3, 0.4) is 0 Å². The Balaban J connectivity index is -0.00000000500. The summed E-state index contributed by atoms with van der Waals surface area (Å²) in [5.74, 6) is 0. The molecule has 0 aromatic carbocycles. The normalized spacial score (nSPS) is 0.500. The molecule has 0 saturated carbocycles. The van der Waals surface area contributed by atoms with Crippen molar-refractivity contribution in [2.45, 2.75) is 0 Å². The van der Waals surface area contributed by atoms with Crippen molar-refractivity contribution < 1.29 is 33.8 Å². The van der Waals surface area contributed by atoms with Gasteiger partial charge in [-0.05, 0) is 0 Å². The van der Waals surface area contributed by atoms with E-state index in [2.05, 4.69) is 6.57 Å². The van der Waals surface area contributed by atoms with Gasteiger partial charge in [-0.2, -0.15) is 0 Å². The molecular formula is CHCoFeN. The second-order valence-corrected chi connectivity index (χ2v) is 0. The number of nitriles is 1. The second kappa shape index (κ2) is 83.6. The quantitative estimate of drug-likeness (QED) is 0.441. The molecular weight excluding hydrogens is 141 g/mol. The SMILES string of the molecule is C#N.[Co].[Fe]. The van der Waals surface area contributed by atoms with E-state index in [9.17, 15) is 0 Å². The van der Waals surface area contributed by atoms with Crippen LogP contribution in [-0.2, 0) is 33.8 Å². The van der Waals surface area contributed by atoms with Gasteiger partial charge in [0.2, 0.25) is 0 Å². The Morgan fingerprint density at radius 2 is 1.25 bits per heavy atom. The molecule has 0 aromatic rings. The van der Waals surface area contributed by atoms with E-state index in [0.717, 1.165) is 0 Å². The zero-order valence-corrected chi connectivity index (χ0v) is 3.86. The van der Waals surface area contributed by atoms with Crippen LogP contribution >= 0.6 is 0 Å². The van der Waals surface area contributed by atoms with Crippen LogP contribution < -0.4 is 0 Å². The van der Waals surface area contributed by atoms with E-state index in [0.29, 0.717) is 0 Å². The largest absolute Gasteiger partial charge is 0.202 e. The van der Waals surface area contributed by atoms with Crippen LogP contribution in [0.15, 0.2) is 0 Å². The van der Waals surface area contributed by atoms with Gasteiger partial charge in [0, 0.05) is 40.4 Å². The molecule has 0 heterocycles. The molecule has 0 aromatic heterocycles. The molecule has 0 N–H and O–H groups in total. The molecule has 0 fully saturated rings. The zero-order chi connectivity index (χ0) is 2.00. The third-order valence-electron chi connectivity index (χ3n) is 0. The van der Waals surface area contributed by atoms with E-state index < -0.39 is 0 Å². The Hall–Kier alpha value is 0.516. The maximum atomic E-state index is 6.50. The van der Waals surface area contributed by atoms with Crippen molar-refractivity contribution in [1.29, 1.82) is 5.26 Å². The van der Waals surface area contributed by atoms with Crippen molar-refractivity contribution in [3.63, 3.8) is 0 Å². The first-order valence-electron chi connectivity index (χ1n) is 0.258. The topological polar surface area (TPSA) is 23.8 Å². The van der Waals surface area contributed by atoms with Crippen molar-refractivity contribution in [3.05, 3.63) is 0 Å². The molecule has 0 amide bonds. The molecule has 1 radical (unpaired) electrons. The molecule has 0 bridgehead atoms. The summed E-state index contributed by atoms with van der Waals surface area (Å²) in [4.78, 5) is 0. The fraction of sp³-hybridized carbons (Fsp3) is 0. The van der Waals surface area contributed by atoms with Crippen LogP contribution in [0.25, 0.3) is 0 Å². The fourth-order valence-electron chi connectivity index (χ4n) is 0. The minimum Gasteiger partial charge on any atom is -0.202 e. The summed E-state index contributed by atoms with van der Waals surface area (Å²) in [5, 5.41) is 6.50. The van der Waals surface area contributed by atoms with E-state index in [1.165, 1.54) is 0 Å². The van der Waals surface area contributed by atoms with E-state index in [-0.39, 0.29) is 33.8 Å². The third kappa shape index (κ3) is 21.7. The van der Waals surface area contributed by atoms with Gasteiger partial charge >= 0.3 is 0 Å². The minimum atomic E-state index is 0. The minimum absolute atomic E-state index is 0. The Bertz CT molecular complexity index is 12.8. The second-order valence-electron chi connectivity index (χ2n) is 0. The van der Waals surface area contributed by atoms with Crippen LogP contribution in [0.5, 0.6) is 0 Å². The van der Waals surface area contributed by atoms with Crippen molar-refractivity contribution in [2.24, 2.45) is 0 Å². The predicted molar refractivity (Wildman–Crippen MR) is 6.67 cm³/mol. The van der Waals surface area contributed by atoms with Gasteiger partial charge < -0.3 is 0 Å². The standard InChI is InChI=1S/CHN.Co.Fe/c1-2;;/h1H;;. The van der Waals surface area contributed by atoms with Crippen molar-refractivity contribution in [1.82, 2.24) is 0 Å². The molecule has 27 valence electrons. The van der Waals surface area contributed by atoms with Crippen LogP contribution in [0.2, 0.25) is 0 Å². The molecule has 4 heavy (non-hydrogen) atoms. The molecule has 0 saturated heterocycles. The molecule has 0 aliphatic heterocycles. The molecule has 0 rings (SSSR count). The molecule has 0 aliphatic carbocycles. The van der Waals surface area contributed by atoms with Gasteiger partial charge in [0.25, 0.3) is 0 Å². The maximum absolute atomic E-state index is 6.50. The summed E-state index contributed by atoms with van der Waals surface area (Å²) >= 11 is 0. The van der Waals surface area contributed by atoms with Gasteiger partial charge in [-0.1, -0.05) is 0 Å². The van der Waals surface area contributed by atoms with Crippen LogP contribution in [0.1, 0.15) is 0 Å². The van der Waals surface area contributed by atoms with E-state index in [1.807, 2.05) is 0 Å². The maximum Gasteiger partial charge on any atom is 0.0462 e. The summed E-state index contributed by atoms with van der Waals surface area (Å²) in [6.07, 6.45) is 0. The molecule has 0 aliphatic rings. The summed E-state index contributed by atoms with van der Waals surface area (Å²) < 4.78 is 0. The van der Waals surface area contributed by atoms with Gasteiger partial charge in [0.1, 0.15) is 0 Å². The van der Waals surface area contributed by atoms with E-state index >= 15 is 0 Å². The Morgan fingerprint density at radius 1 is 1.25 bits per heavy atom. The number of rotatable bonds is 0. The summed E-state index contributed by atoms with van der Waals surface area (Å²) in [6, 6.07) is 0. The summed E-state index contributed by atoms with van der Waals surface area (Å²) in [6.45, 7) is 3.50. The van der Waals surface area contributed by atoms with Crippen LogP contribution in [0.4, 0.5) is 0 Å². The predicted octanol–water partition coefficient (Wildman–Crippen LogP) is 0.135. The third-order valence-corrected chi connectivity index (χ3v) is 0. The summed E-state index contributed by atoms with van der Waals surface area (Å²) in [7, 11) is 0. The van der Waals surface area contributed by atoms with Crippen LogP contribution in [-0.4, -0.2) is 0 Å². The first-order chi connectivity index (χ1) is 1.00. The Labute approximate surface area is 46.0 Å². The fourth-order valence-corrected chi connectivity index (χ4v) is 0. The van der Waals surface area contributed by atoms with Crippen molar-refractivity contribution >= 4 is 0 Å². The Kier molecular flexibility index (Phi) is 508. The number of nitrogens with zero attached hydrogens (tertiary/aromatic N) is 1. The van der Waals surface area contributed by atoms with Gasteiger partial charge in [0.05, 0.1) is 0 Å². The van der Waals surface area contributed by atoms with Gasteiger partial charge in [-0.25, -0.2) is 5.26 Å². The molecule has 1 nitrogen and oxygen atoms in total. The van der Waals surface area contributed by atoms with Gasteiger partial charge in [-0.15, -0.1) is 0 Å². The number of hydrogen-bond acceptors (Lipinski definition) is 1. The molecule has 0 unspecified atom stereocenters. The number of hydrogen-bond donors (Lipinski definition) is 0. The van der Waals surface area contributed by atoms with Gasteiger partial charge in [0.15, 0.2) is 0 Å². The van der Waals surface area contributed by atoms with Crippen molar-refractivity contribution in [2.75, 3.05) is 0 Å². The smallest absolute Gasteiger partial charge is 0.0462 e. The summed E-state index contributed by atoms with van der Waals surface area (Å²) in [5.41, 5.74) is 0. The van der Waals surface area contributed by atoms with Crippen LogP contribution in [0, 0.1) is 11.8 Å². The van der Waals surface area contributed by atoms with Gasteiger partial charge in [-0.3, -0.25) is 0 Å². The molecule has 0 spiro atoms. The monoisotopic (exact) mass is 142 g/mol. The first kappa shape index (κ1) is 24.3. The van der Waals surface area contributed by atoms with E-state index in [1.54, 1.807) is 0 Å². The first-order valence-corrected chi connectivity index (χ1v) is 0.258. The zero-order valence-electron chi connectivity index (χ0n) is 1.71. The van der Waals surface area contributed by atoms with E-state index in [4.69, 9.17) is 5.26 Å². The average molecular weight is 142 g/mol. The van der Waals surface area contributed by atoms with Crippen molar-refractivity contribution in [3.8, 4) is 6.57 Å².